The maximum absolute atomic E-state index is 12.3. The lowest BCUT2D eigenvalue weighted by Crippen LogP contribution is -2.13. The van der Waals surface area contributed by atoms with Gasteiger partial charge in [-0.3, -0.25) is 10.1 Å². The first kappa shape index (κ1) is 24.0. The number of rotatable bonds is 8. The lowest BCUT2D eigenvalue weighted by molar-refractivity contribution is -0.384. The SMILES string of the molecule is CCOc1cc(/C=C2\N=C(c3cc([N+](=O)[O-])ccc3Cl)OC2=O)cc(Cl)c1OCC(=O)OC. The average molecular weight is 495 g/mol. The van der Waals surface area contributed by atoms with Crippen LogP contribution in [0.2, 0.25) is 10.0 Å². The summed E-state index contributed by atoms with van der Waals surface area (Å²) in [6.45, 7) is 1.65. The highest BCUT2D eigenvalue weighted by molar-refractivity contribution is 6.34. The van der Waals surface area contributed by atoms with Gasteiger partial charge in [-0.15, -0.1) is 0 Å². The average Bonchev–Trinajstić information content (AvgIpc) is 3.13. The number of carbonyl (C=O) groups excluding carboxylic acids is 2. The zero-order valence-electron chi connectivity index (χ0n) is 17.3. The summed E-state index contributed by atoms with van der Waals surface area (Å²) in [5.41, 5.74) is 0.203. The fourth-order valence-corrected chi connectivity index (χ4v) is 3.21. The normalized spacial score (nSPS) is 14.0. The zero-order chi connectivity index (χ0) is 24.1. The third kappa shape index (κ3) is 5.60. The summed E-state index contributed by atoms with van der Waals surface area (Å²) >= 11 is 12.4. The Morgan fingerprint density at radius 2 is 1.97 bits per heavy atom. The first-order valence-electron chi connectivity index (χ1n) is 9.36. The van der Waals surface area contributed by atoms with Crippen LogP contribution in [0.25, 0.3) is 6.08 Å². The molecule has 1 aliphatic heterocycles. The van der Waals surface area contributed by atoms with Crippen molar-refractivity contribution in [3.8, 4) is 11.5 Å². The van der Waals surface area contributed by atoms with Gasteiger partial charge in [0.1, 0.15) is 0 Å². The predicted octanol–water partition coefficient (Wildman–Crippen LogP) is 4.20. The molecule has 0 unspecified atom stereocenters. The van der Waals surface area contributed by atoms with Crippen LogP contribution in [-0.4, -0.2) is 43.1 Å². The summed E-state index contributed by atoms with van der Waals surface area (Å²) in [6.07, 6.45) is 1.39. The fraction of sp³-hybridized carbons (Fsp3) is 0.190. The summed E-state index contributed by atoms with van der Waals surface area (Å²) in [6, 6.07) is 6.71. The highest BCUT2D eigenvalue weighted by atomic mass is 35.5. The van der Waals surface area contributed by atoms with E-state index in [0.717, 1.165) is 6.07 Å². The Morgan fingerprint density at radius 1 is 1.21 bits per heavy atom. The van der Waals surface area contributed by atoms with Crippen LogP contribution in [-0.2, 0) is 19.1 Å². The molecule has 1 heterocycles. The molecule has 33 heavy (non-hydrogen) atoms. The molecule has 0 atom stereocenters. The molecule has 172 valence electrons. The van der Waals surface area contributed by atoms with E-state index in [-0.39, 0.29) is 57.6 Å². The van der Waals surface area contributed by atoms with Gasteiger partial charge in [-0.25, -0.2) is 14.6 Å². The first-order chi connectivity index (χ1) is 15.7. The van der Waals surface area contributed by atoms with E-state index >= 15 is 0 Å². The van der Waals surface area contributed by atoms with Crippen LogP contribution in [0, 0.1) is 10.1 Å². The molecule has 10 nitrogen and oxygen atoms in total. The van der Waals surface area contributed by atoms with E-state index in [0.29, 0.717) is 5.56 Å². The quantitative estimate of drug-likeness (QED) is 0.231. The molecular weight excluding hydrogens is 479 g/mol. The van der Waals surface area contributed by atoms with Gasteiger partial charge in [0.25, 0.3) is 5.69 Å². The molecule has 0 saturated heterocycles. The van der Waals surface area contributed by atoms with Crippen molar-refractivity contribution in [2.45, 2.75) is 6.92 Å². The number of aliphatic imine (C=N–C) groups is 1. The van der Waals surface area contributed by atoms with Crippen LogP contribution in [0.5, 0.6) is 11.5 Å². The lowest BCUT2D eigenvalue weighted by Gasteiger charge is -2.13. The van der Waals surface area contributed by atoms with Gasteiger partial charge in [-0.05, 0) is 36.8 Å². The molecule has 3 rings (SSSR count). The standard InChI is InChI=1S/C21H16Cl2N2O8/c1-3-31-17-8-11(6-15(23)19(17)32-10-18(26)30-2)7-16-21(27)33-20(24-16)13-9-12(25(28)29)4-5-14(13)22/h4-9H,3,10H2,1-2H3/b16-7-. The molecule has 0 spiro atoms. The van der Waals surface area contributed by atoms with Crippen molar-refractivity contribution in [3.63, 3.8) is 0 Å². The van der Waals surface area contributed by atoms with Crippen molar-refractivity contribution < 1.29 is 33.5 Å². The number of hydrogen-bond donors (Lipinski definition) is 0. The largest absolute Gasteiger partial charge is 0.490 e. The van der Waals surface area contributed by atoms with Crippen molar-refractivity contribution in [2.24, 2.45) is 4.99 Å². The molecule has 0 N–H and O–H groups in total. The summed E-state index contributed by atoms with van der Waals surface area (Å²) in [7, 11) is 1.22. The number of nitrogens with zero attached hydrogens (tertiary/aromatic N) is 2. The van der Waals surface area contributed by atoms with Crippen LogP contribution in [0.1, 0.15) is 18.1 Å². The number of hydrogen-bond acceptors (Lipinski definition) is 9. The number of non-ortho nitro benzene ring substituents is 1. The van der Waals surface area contributed by atoms with E-state index in [4.69, 9.17) is 37.4 Å². The molecule has 0 fully saturated rings. The number of nitro benzene ring substituents is 1. The number of esters is 2. The second-order valence-electron chi connectivity index (χ2n) is 6.39. The number of cyclic esters (lactones) is 1. The van der Waals surface area contributed by atoms with E-state index in [1.54, 1.807) is 6.92 Å². The van der Waals surface area contributed by atoms with Gasteiger partial charge in [0, 0.05) is 12.1 Å². The van der Waals surface area contributed by atoms with Gasteiger partial charge in [0.15, 0.2) is 23.8 Å². The Morgan fingerprint density at radius 3 is 2.64 bits per heavy atom. The van der Waals surface area contributed by atoms with Crippen molar-refractivity contribution in [1.29, 1.82) is 0 Å². The zero-order valence-corrected chi connectivity index (χ0v) is 18.8. The Kier molecular flexibility index (Phi) is 7.52. The third-order valence-electron chi connectivity index (χ3n) is 4.21. The summed E-state index contributed by atoms with van der Waals surface area (Å²) in [5, 5.41) is 11.3. The van der Waals surface area contributed by atoms with Crippen LogP contribution < -0.4 is 9.47 Å². The molecule has 0 aliphatic carbocycles. The topological polar surface area (TPSA) is 127 Å². The molecule has 0 aromatic heterocycles. The number of methoxy groups -OCH3 is 1. The predicted molar refractivity (Wildman–Crippen MR) is 119 cm³/mol. The molecule has 2 aromatic carbocycles. The van der Waals surface area contributed by atoms with E-state index < -0.39 is 16.9 Å². The maximum Gasteiger partial charge on any atom is 0.363 e. The highest BCUT2D eigenvalue weighted by Crippen LogP contribution is 2.38. The van der Waals surface area contributed by atoms with Gasteiger partial charge in [0.2, 0.25) is 5.90 Å². The summed E-state index contributed by atoms with van der Waals surface area (Å²) < 4.78 is 20.6. The maximum atomic E-state index is 12.3. The van der Waals surface area contributed by atoms with Crippen molar-refractivity contribution >= 4 is 52.8 Å². The highest BCUT2D eigenvalue weighted by Gasteiger charge is 2.27. The van der Waals surface area contributed by atoms with Gasteiger partial charge >= 0.3 is 11.9 Å². The van der Waals surface area contributed by atoms with Crippen molar-refractivity contribution in [1.82, 2.24) is 0 Å². The second kappa shape index (κ2) is 10.3. The summed E-state index contributed by atoms with van der Waals surface area (Å²) in [5.74, 6) is -1.19. The minimum absolute atomic E-state index is 0.0886. The monoisotopic (exact) mass is 494 g/mol. The number of ether oxygens (including phenoxy) is 4. The van der Waals surface area contributed by atoms with Gasteiger partial charge < -0.3 is 18.9 Å². The Bertz CT molecular complexity index is 1190. The van der Waals surface area contributed by atoms with Crippen LogP contribution in [0.3, 0.4) is 0 Å². The van der Waals surface area contributed by atoms with Crippen molar-refractivity contribution in [2.75, 3.05) is 20.3 Å². The van der Waals surface area contributed by atoms with Gasteiger partial charge in [-0.2, -0.15) is 0 Å². The molecule has 0 bridgehead atoms. The molecule has 1 aliphatic rings. The Labute approximate surface area is 197 Å². The Balaban J connectivity index is 1.96. The molecule has 12 heteroatoms. The van der Waals surface area contributed by atoms with E-state index in [1.165, 1.54) is 37.5 Å². The fourth-order valence-electron chi connectivity index (χ4n) is 2.74. The minimum atomic E-state index is -0.785. The Hall–Kier alpha value is -3.63. The van der Waals surface area contributed by atoms with Gasteiger partial charge in [-0.1, -0.05) is 23.2 Å². The minimum Gasteiger partial charge on any atom is -0.490 e. The number of nitro groups is 1. The van der Waals surface area contributed by atoms with E-state index in [9.17, 15) is 19.7 Å². The molecule has 2 aromatic rings. The number of halogens is 2. The number of benzene rings is 2. The van der Waals surface area contributed by atoms with Crippen LogP contribution >= 0.6 is 23.2 Å². The third-order valence-corrected chi connectivity index (χ3v) is 4.82. The molecule has 0 saturated carbocycles. The molecule has 0 radical (unpaired) electrons. The molecular formula is C21H16Cl2N2O8. The van der Waals surface area contributed by atoms with E-state index in [2.05, 4.69) is 9.73 Å². The van der Waals surface area contributed by atoms with E-state index in [1.807, 2.05) is 0 Å². The lowest BCUT2D eigenvalue weighted by atomic mass is 10.1. The summed E-state index contributed by atoms with van der Waals surface area (Å²) in [4.78, 5) is 38.3. The smallest absolute Gasteiger partial charge is 0.363 e. The second-order valence-corrected chi connectivity index (χ2v) is 7.20. The van der Waals surface area contributed by atoms with Gasteiger partial charge in [0.05, 0.1) is 34.2 Å². The molecule has 0 amide bonds. The van der Waals surface area contributed by atoms with Crippen LogP contribution in [0.4, 0.5) is 5.69 Å². The number of carbonyl (C=O) groups is 2. The van der Waals surface area contributed by atoms with Crippen molar-refractivity contribution in [3.05, 3.63) is 67.3 Å². The first-order valence-corrected chi connectivity index (χ1v) is 10.1. The van der Waals surface area contributed by atoms with Crippen LogP contribution in [0.15, 0.2) is 41.0 Å².